The van der Waals surface area contributed by atoms with E-state index in [0.29, 0.717) is 0 Å². The monoisotopic (exact) mass is 231 g/mol. The third-order valence-corrected chi connectivity index (χ3v) is 3.10. The van der Waals surface area contributed by atoms with E-state index in [1.54, 1.807) is 0 Å². The third-order valence-electron chi connectivity index (χ3n) is 3.10. The van der Waals surface area contributed by atoms with Gasteiger partial charge in [0, 0.05) is 17.5 Å². The second kappa shape index (κ2) is 5.87. The van der Waals surface area contributed by atoms with Crippen molar-refractivity contribution in [2.75, 3.05) is 6.54 Å². The van der Waals surface area contributed by atoms with Crippen LogP contribution in [0.3, 0.4) is 0 Å². The predicted molar refractivity (Wildman–Crippen MR) is 72.2 cm³/mol. The minimum Gasteiger partial charge on any atom is -0.464 e. The Morgan fingerprint density at radius 1 is 1.24 bits per heavy atom. The van der Waals surface area contributed by atoms with Crippen molar-refractivity contribution < 1.29 is 4.42 Å². The molecule has 0 amide bonds. The molecular weight excluding hydrogens is 210 g/mol. The summed E-state index contributed by atoms with van der Waals surface area (Å²) in [6.45, 7) is 6.23. The van der Waals surface area contributed by atoms with Crippen LogP contribution < -0.4 is 5.32 Å². The fraction of sp³-hybridized carbons (Fsp3) is 0.467. The Morgan fingerprint density at radius 2 is 2.12 bits per heavy atom. The van der Waals surface area contributed by atoms with Crippen molar-refractivity contribution in [1.29, 1.82) is 0 Å². The summed E-state index contributed by atoms with van der Waals surface area (Å²) in [6, 6.07) is 6.55. The van der Waals surface area contributed by atoms with E-state index in [1.807, 2.05) is 6.26 Å². The predicted octanol–water partition coefficient (Wildman–Crippen LogP) is 3.88. The van der Waals surface area contributed by atoms with Gasteiger partial charge in [-0.05, 0) is 37.1 Å². The van der Waals surface area contributed by atoms with Crippen LogP contribution in [0.1, 0.15) is 37.8 Å². The van der Waals surface area contributed by atoms with Crippen LogP contribution >= 0.6 is 0 Å². The smallest absolute Gasteiger partial charge is 0.134 e. The largest absolute Gasteiger partial charge is 0.464 e. The molecule has 0 unspecified atom stereocenters. The van der Waals surface area contributed by atoms with Gasteiger partial charge in [-0.15, -0.1) is 0 Å². The molecule has 2 rings (SSSR count). The first-order valence-corrected chi connectivity index (χ1v) is 6.54. The average molecular weight is 231 g/mol. The number of nitrogens with one attached hydrogen (secondary N) is 1. The van der Waals surface area contributed by atoms with Crippen LogP contribution in [0.5, 0.6) is 0 Å². The van der Waals surface area contributed by atoms with Crippen molar-refractivity contribution in [1.82, 2.24) is 5.32 Å². The van der Waals surface area contributed by atoms with Gasteiger partial charge in [0.25, 0.3) is 0 Å². The van der Waals surface area contributed by atoms with Gasteiger partial charge in [-0.2, -0.15) is 0 Å². The number of aryl methyl sites for hydroxylation is 1. The number of hydrogen-bond donors (Lipinski definition) is 1. The molecule has 2 aromatic rings. The lowest BCUT2D eigenvalue weighted by Crippen LogP contribution is -2.11. The van der Waals surface area contributed by atoms with Gasteiger partial charge >= 0.3 is 0 Å². The highest BCUT2D eigenvalue weighted by Gasteiger charge is 2.06. The summed E-state index contributed by atoms with van der Waals surface area (Å²) >= 11 is 0. The van der Waals surface area contributed by atoms with Gasteiger partial charge in [-0.25, -0.2) is 0 Å². The van der Waals surface area contributed by atoms with Gasteiger partial charge in [0.15, 0.2) is 0 Å². The molecule has 1 heterocycles. The molecule has 0 fully saturated rings. The molecule has 0 spiro atoms. The molecule has 0 atom stereocenters. The van der Waals surface area contributed by atoms with Crippen LogP contribution in [0.25, 0.3) is 11.0 Å². The standard InChI is InChI=1S/C15H21NO/c1-3-5-6-12-7-8-15-14(9-12)13(11-17-15)10-16-4-2/h7-9,11,16H,3-6,10H2,1-2H3. The summed E-state index contributed by atoms with van der Waals surface area (Å²) in [5.74, 6) is 0. The highest BCUT2D eigenvalue weighted by Crippen LogP contribution is 2.23. The first kappa shape index (κ1) is 12.2. The van der Waals surface area contributed by atoms with Crippen molar-refractivity contribution in [2.45, 2.75) is 39.7 Å². The third kappa shape index (κ3) is 2.89. The summed E-state index contributed by atoms with van der Waals surface area (Å²) < 4.78 is 5.57. The molecule has 0 aliphatic carbocycles. The SMILES string of the molecule is CCCCc1ccc2occ(CNCC)c2c1. The summed E-state index contributed by atoms with van der Waals surface area (Å²) in [6.07, 6.45) is 5.54. The van der Waals surface area contributed by atoms with E-state index in [0.717, 1.165) is 25.1 Å². The van der Waals surface area contributed by atoms with E-state index in [4.69, 9.17) is 4.42 Å². The summed E-state index contributed by atoms with van der Waals surface area (Å²) in [7, 11) is 0. The van der Waals surface area contributed by atoms with Crippen LogP contribution in [0.2, 0.25) is 0 Å². The fourth-order valence-electron chi connectivity index (χ4n) is 2.06. The first-order chi connectivity index (χ1) is 8.35. The van der Waals surface area contributed by atoms with E-state index in [2.05, 4.69) is 37.4 Å². The van der Waals surface area contributed by atoms with Crippen LogP contribution in [-0.2, 0) is 13.0 Å². The Morgan fingerprint density at radius 3 is 2.88 bits per heavy atom. The number of rotatable bonds is 6. The second-order valence-electron chi connectivity index (χ2n) is 4.48. The van der Waals surface area contributed by atoms with Gasteiger partial charge in [0.05, 0.1) is 6.26 Å². The van der Waals surface area contributed by atoms with Crippen molar-refractivity contribution in [2.24, 2.45) is 0 Å². The van der Waals surface area contributed by atoms with E-state index >= 15 is 0 Å². The maximum atomic E-state index is 5.57. The van der Waals surface area contributed by atoms with Gasteiger partial charge in [-0.1, -0.05) is 26.3 Å². The molecule has 0 radical (unpaired) electrons. The Labute approximate surface area is 103 Å². The fourth-order valence-corrected chi connectivity index (χ4v) is 2.06. The molecule has 1 N–H and O–H groups in total. The van der Waals surface area contributed by atoms with Gasteiger partial charge in [0.2, 0.25) is 0 Å². The van der Waals surface area contributed by atoms with Gasteiger partial charge < -0.3 is 9.73 Å². The van der Waals surface area contributed by atoms with E-state index in [-0.39, 0.29) is 0 Å². The van der Waals surface area contributed by atoms with Crippen molar-refractivity contribution >= 4 is 11.0 Å². The maximum absolute atomic E-state index is 5.57. The van der Waals surface area contributed by atoms with Crippen molar-refractivity contribution in [3.63, 3.8) is 0 Å². The molecule has 0 saturated carbocycles. The molecule has 17 heavy (non-hydrogen) atoms. The lowest BCUT2D eigenvalue weighted by Gasteiger charge is -2.02. The normalized spacial score (nSPS) is 11.2. The average Bonchev–Trinajstić information content (AvgIpc) is 2.76. The van der Waals surface area contributed by atoms with Gasteiger partial charge in [-0.3, -0.25) is 0 Å². The topological polar surface area (TPSA) is 25.2 Å². The molecule has 1 aromatic heterocycles. The van der Waals surface area contributed by atoms with Crippen molar-refractivity contribution in [3.05, 3.63) is 35.6 Å². The molecule has 2 heteroatoms. The number of fused-ring (bicyclic) bond motifs is 1. The zero-order valence-corrected chi connectivity index (χ0v) is 10.8. The summed E-state index contributed by atoms with van der Waals surface area (Å²) in [4.78, 5) is 0. The Bertz CT molecular complexity index is 473. The first-order valence-electron chi connectivity index (χ1n) is 6.54. The zero-order chi connectivity index (χ0) is 12.1. The van der Waals surface area contributed by atoms with Crippen molar-refractivity contribution in [3.8, 4) is 0 Å². The zero-order valence-electron chi connectivity index (χ0n) is 10.8. The number of unbranched alkanes of at least 4 members (excludes halogenated alkanes) is 1. The van der Waals surface area contributed by atoms with E-state index in [1.165, 1.54) is 29.4 Å². The van der Waals surface area contributed by atoms with Crippen LogP contribution in [-0.4, -0.2) is 6.54 Å². The number of benzene rings is 1. The number of furan rings is 1. The van der Waals surface area contributed by atoms with Gasteiger partial charge in [0.1, 0.15) is 5.58 Å². The highest BCUT2D eigenvalue weighted by atomic mass is 16.3. The second-order valence-corrected chi connectivity index (χ2v) is 4.48. The Kier molecular flexibility index (Phi) is 4.21. The van der Waals surface area contributed by atoms with Crippen LogP contribution in [0.4, 0.5) is 0 Å². The Balaban J connectivity index is 2.23. The molecule has 0 saturated heterocycles. The highest BCUT2D eigenvalue weighted by molar-refractivity contribution is 5.81. The molecule has 0 bridgehead atoms. The molecule has 92 valence electrons. The minimum absolute atomic E-state index is 0.890. The van der Waals surface area contributed by atoms with Crippen LogP contribution in [0.15, 0.2) is 28.9 Å². The number of hydrogen-bond acceptors (Lipinski definition) is 2. The Hall–Kier alpha value is -1.28. The molecular formula is C15H21NO. The van der Waals surface area contributed by atoms with Crippen LogP contribution in [0, 0.1) is 0 Å². The van der Waals surface area contributed by atoms with E-state index < -0.39 is 0 Å². The quantitative estimate of drug-likeness (QED) is 0.816. The molecule has 2 nitrogen and oxygen atoms in total. The summed E-state index contributed by atoms with van der Waals surface area (Å²) in [5, 5.41) is 4.61. The molecule has 1 aromatic carbocycles. The summed E-state index contributed by atoms with van der Waals surface area (Å²) in [5.41, 5.74) is 3.68. The molecule has 0 aliphatic heterocycles. The molecule has 0 aliphatic rings. The van der Waals surface area contributed by atoms with E-state index in [9.17, 15) is 0 Å². The lowest BCUT2D eigenvalue weighted by atomic mass is 10.0. The lowest BCUT2D eigenvalue weighted by molar-refractivity contribution is 0.604. The minimum atomic E-state index is 0.890. The maximum Gasteiger partial charge on any atom is 0.134 e.